The van der Waals surface area contributed by atoms with E-state index >= 15 is 0 Å². The quantitative estimate of drug-likeness (QED) is 0.425. The van der Waals surface area contributed by atoms with Gasteiger partial charge in [0, 0.05) is 12.2 Å². The fourth-order valence-corrected chi connectivity index (χ4v) is 5.75. The Kier molecular flexibility index (Phi) is 7.44. The molecule has 1 heterocycles. The predicted molar refractivity (Wildman–Crippen MR) is 135 cm³/mol. The van der Waals surface area contributed by atoms with Gasteiger partial charge in [0.05, 0.1) is 15.6 Å². The van der Waals surface area contributed by atoms with Gasteiger partial charge in [-0.25, -0.2) is 8.42 Å². The van der Waals surface area contributed by atoms with Crippen molar-refractivity contribution in [3.8, 4) is 5.75 Å². The molecule has 3 aromatic carbocycles. The molecule has 1 N–H and O–H groups in total. The Morgan fingerprint density at radius 1 is 1.09 bits per heavy atom. The first-order chi connectivity index (χ1) is 16.4. The van der Waals surface area contributed by atoms with Gasteiger partial charge in [-0.1, -0.05) is 55.3 Å². The molecule has 0 aliphatic carbocycles. The van der Waals surface area contributed by atoms with Crippen molar-refractivity contribution in [1.29, 1.82) is 0 Å². The van der Waals surface area contributed by atoms with Crippen molar-refractivity contribution in [1.82, 2.24) is 0 Å². The molecule has 1 aliphatic heterocycles. The van der Waals surface area contributed by atoms with Crippen molar-refractivity contribution in [3.05, 3.63) is 82.9 Å². The molecule has 0 saturated heterocycles. The van der Waals surface area contributed by atoms with Crippen molar-refractivity contribution in [2.75, 3.05) is 22.8 Å². The summed E-state index contributed by atoms with van der Waals surface area (Å²) < 4.78 is 33.3. The molecule has 3 aromatic rings. The highest BCUT2D eigenvalue weighted by Crippen LogP contribution is 2.35. The number of fused-ring (bicyclic) bond motifs is 1. The number of carbonyl (C=O) groups is 1. The maximum atomic E-state index is 13.2. The summed E-state index contributed by atoms with van der Waals surface area (Å²) >= 11 is 6.31. The van der Waals surface area contributed by atoms with Crippen LogP contribution in [0.25, 0.3) is 0 Å². The number of nitrogens with one attached hydrogen (secondary N) is 1. The number of anilines is 2. The average Bonchev–Trinajstić information content (AvgIpc) is 3.28. The molecule has 1 amide bonds. The van der Waals surface area contributed by atoms with E-state index in [1.165, 1.54) is 28.1 Å². The summed E-state index contributed by atoms with van der Waals surface area (Å²) in [5, 5.41) is 2.91. The molecule has 6 nitrogen and oxygen atoms in total. The Labute approximate surface area is 205 Å². The van der Waals surface area contributed by atoms with Gasteiger partial charge in [-0.3, -0.25) is 9.10 Å². The first kappa shape index (κ1) is 24.1. The minimum Gasteiger partial charge on any atom is -0.482 e. The van der Waals surface area contributed by atoms with Crippen LogP contribution < -0.4 is 14.4 Å². The fourth-order valence-electron chi connectivity index (χ4n) is 3.92. The number of benzene rings is 3. The Bertz CT molecular complexity index is 1280. The van der Waals surface area contributed by atoms with E-state index in [1.54, 1.807) is 6.07 Å². The van der Waals surface area contributed by atoms with Crippen molar-refractivity contribution in [2.45, 2.75) is 37.5 Å². The van der Waals surface area contributed by atoms with Gasteiger partial charge in [-0.05, 0) is 66.8 Å². The van der Waals surface area contributed by atoms with Crippen molar-refractivity contribution >= 4 is 38.9 Å². The second-order valence-corrected chi connectivity index (χ2v) is 10.5. The Hall–Kier alpha value is -3.03. The van der Waals surface area contributed by atoms with Crippen LogP contribution in [0.5, 0.6) is 5.75 Å². The number of carbonyl (C=O) groups excluding carboxylic acids is 1. The molecule has 0 bridgehead atoms. The third-order valence-electron chi connectivity index (χ3n) is 5.75. The average molecular weight is 499 g/mol. The number of rotatable bonds is 9. The number of sulfonamides is 1. The van der Waals surface area contributed by atoms with Gasteiger partial charge in [0.15, 0.2) is 6.61 Å². The number of hydrogen-bond donors (Lipinski definition) is 1. The molecular weight excluding hydrogens is 472 g/mol. The second kappa shape index (κ2) is 10.5. The van der Waals surface area contributed by atoms with Crippen LogP contribution >= 0.6 is 11.6 Å². The first-order valence-electron chi connectivity index (χ1n) is 11.3. The molecule has 0 radical (unpaired) electrons. The number of halogens is 1. The zero-order valence-corrected chi connectivity index (χ0v) is 20.5. The van der Waals surface area contributed by atoms with Gasteiger partial charge < -0.3 is 10.1 Å². The Morgan fingerprint density at radius 3 is 2.59 bits per heavy atom. The summed E-state index contributed by atoms with van der Waals surface area (Å²) in [6.45, 7) is 2.29. The zero-order valence-electron chi connectivity index (χ0n) is 19.0. The van der Waals surface area contributed by atoms with Crippen molar-refractivity contribution in [3.63, 3.8) is 0 Å². The molecule has 34 heavy (non-hydrogen) atoms. The van der Waals surface area contributed by atoms with Gasteiger partial charge in [0.2, 0.25) is 0 Å². The normalized spacial score (nSPS) is 12.9. The standard InChI is InChI=1S/C26H27ClN2O4S/c1-2-3-6-19-9-11-21(12-10-19)28-26(30)18-33-25-14-13-22(17-23(25)27)34(31,32)29-16-15-20-7-4-5-8-24(20)29/h4-5,7-14,17H,2-3,6,15-16,18H2,1H3,(H,28,30). The molecule has 4 rings (SSSR count). The van der Waals surface area contributed by atoms with Crippen LogP contribution in [-0.4, -0.2) is 27.5 Å². The summed E-state index contributed by atoms with van der Waals surface area (Å²) in [6, 6.07) is 19.5. The molecule has 178 valence electrons. The van der Waals surface area contributed by atoms with Crippen molar-refractivity contribution in [2.24, 2.45) is 0 Å². The molecule has 0 unspecified atom stereocenters. The van der Waals surface area contributed by atoms with E-state index in [4.69, 9.17) is 16.3 Å². The van der Waals surface area contributed by atoms with Gasteiger partial charge in [0.25, 0.3) is 15.9 Å². The molecule has 8 heteroatoms. The molecule has 0 spiro atoms. The fraction of sp³-hybridized carbons (Fsp3) is 0.269. The number of amides is 1. The lowest BCUT2D eigenvalue weighted by atomic mass is 10.1. The smallest absolute Gasteiger partial charge is 0.264 e. The van der Waals surface area contributed by atoms with Crippen LogP contribution in [0, 0.1) is 0 Å². The highest BCUT2D eigenvalue weighted by molar-refractivity contribution is 7.92. The number of para-hydroxylation sites is 1. The summed E-state index contributed by atoms with van der Waals surface area (Å²) in [7, 11) is -3.76. The minimum absolute atomic E-state index is 0.0779. The van der Waals surface area contributed by atoms with E-state index in [0.717, 1.165) is 24.8 Å². The Balaban J connectivity index is 1.37. The molecule has 0 aromatic heterocycles. The van der Waals surface area contributed by atoms with Crippen LogP contribution in [0.1, 0.15) is 30.9 Å². The van der Waals surface area contributed by atoms with Crippen LogP contribution in [0.2, 0.25) is 5.02 Å². The van der Waals surface area contributed by atoms with E-state index in [9.17, 15) is 13.2 Å². The first-order valence-corrected chi connectivity index (χ1v) is 13.1. The largest absolute Gasteiger partial charge is 0.482 e. The molecular formula is C26H27ClN2O4S. The molecule has 0 atom stereocenters. The zero-order chi connectivity index (χ0) is 24.1. The summed E-state index contributed by atoms with van der Waals surface area (Å²) in [4.78, 5) is 12.4. The van der Waals surface area contributed by atoms with E-state index in [0.29, 0.717) is 24.3 Å². The lowest BCUT2D eigenvalue weighted by Crippen LogP contribution is -2.29. The number of ether oxygens (including phenoxy) is 1. The van der Waals surface area contributed by atoms with Crippen LogP contribution in [-0.2, 0) is 27.7 Å². The molecule has 0 fully saturated rings. The molecule has 0 saturated carbocycles. The van der Waals surface area contributed by atoms with Crippen LogP contribution in [0.3, 0.4) is 0 Å². The SMILES string of the molecule is CCCCc1ccc(NC(=O)COc2ccc(S(=O)(=O)N3CCc4ccccc43)cc2Cl)cc1. The highest BCUT2D eigenvalue weighted by atomic mass is 35.5. The third kappa shape index (κ3) is 5.37. The summed E-state index contributed by atoms with van der Waals surface area (Å²) in [5.41, 5.74) is 3.61. The van der Waals surface area contributed by atoms with Gasteiger partial charge in [-0.15, -0.1) is 0 Å². The van der Waals surface area contributed by atoms with Crippen LogP contribution in [0.4, 0.5) is 11.4 Å². The Morgan fingerprint density at radius 2 is 1.85 bits per heavy atom. The molecule has 1 aliphatic rings. The number of unbranched alkanes of at least 4 members (excludes halogenated alkanes) is 1. The van der Waals surface area contributed by atoms with Gasteiger partial charge >= 0.3 is 0 Å². The summed E-state index contributed by atoms with van der Waals surface area (Å²) in [5.74, 6) is -0.0877. The third-order valence-corrected chi connectivity index (χ3v) is 7.86. The predicted octanol–water partition coefficient (Wildman–Crippen LogP) is 5.45. The van der Waals surface area contributed by atoms with Crippen molar-refractivity contribution < 1.29 is 17.9 Å². The van der Waals surface area contributed by atoms with E-state index in [1.807, 2.05) is 42.5 Å². The minimum atomic E-state index is -3.76. The van der Waals surface area contributed by atoms with Gasteiger partial charge in [0.1, 0.15) is 5.75 Å². The topological polar surface area (TPSA) is 75.7 Å². The lowest BCUT2D eigenvalue weighted by Gasteiger charge is -2.20. The highest BCUT2D eigenvalue weighted by Gasteiger charge is 2.31. The van der Waals surface area contributed by atoms with Crippen LogP contribution in [0.15, 0.2) is 71.6 Å². The second-order valence-electron chi connectivity index (χ2n) is 8.19. The lowest BCUT2D eigenvalue weighted by molar-refractivity contribution is -0.118. The van der Waals surface area contributed by atoms with E-state index < -0.39 is 10.0 Å². The number of nitrogens with zero attached hydrogens (tertiary/aromatic N) is 1. The van der Waals surface area contributed by atoms with Gasteiger partial charge in [-0.2, -0.15) is 0 Å². The number of aryl methyl sites for hydroxylation is 1. The van der Waals surface area contributed by atoms with E-state index in [2.05, 4.69) is 12.2 Å². The monoisotopic (exact) mass is 498 g/mol. The summed E-state index contributed by atoms with van der Waals surface area (Å²) in [6.07, 6.45) is 3.95. The maximum Gasteiger partial charge on any atom is 0.264 e. The number of hydrogen-bond acceptors (Lipinski definition) is 4. The van der Waals surface area contributed by atoms with E-state index in [-0.39, 0.29) is 28.2 Å². The maximum absolute atomic E-state index is 13.2.